The van der Waals surface area contributed by atoms with Crippen molar-refractivity contribution >= 4 is 23.0 Å². The van der Waals surface area contributed by atoms with Gasteiger partial charge in [-0.15, -0.1) is 0 Å². The van der Waals surface area contributed by atoms with E-state index < -0.39 is 28.3 Å². The maximum absolute atomic E-state index is 13.6. The Morgan fingerprint density at radius 1 is 1.16 bits per heavy atom. The van der Waals surface area contributed by atoms with Gasteiger partial charge in [0.1, 0.15) is 5.69 Å². The summed E-state index contributed by atoms with van der Waals surface area (Å²) < 4.78 is 42.0. The molecule has 0 unspecified atom stereocenters. The summed E-state index contributed by atoms with van der Waals surface area (Å²) in [6.45, 7) is 0. The summed E-state index contributed by atoms with van der Waals surface area (Å²) in [6, 6.07) is 8.85. The lowest BCUT2D eigenvalue weighted by molar-refractivity contribution is -0.384. The molecule has 2 N–H and O–H groups in total. The second kappa shape index (κ2) is 7.74. The minimum absolute atomic E-state index is 0.127. The maximum Gasteiger partial charge on any atom is 0.418 e. The highest BCUT2D eigenvalue weighted by Crippen LogP contribution is 2.37. The zero-order valence-corrected chi connectivity index (χ0v) is 15.9. The Labute approximate surface area is 173 Å². The first-order valence-corrected chi connectivity index (χ1v) is 9.30. The molecule has 11 heteroatoms. The molecule has 0 atom stereocenters. The highest BCUT2D eigenvalue weighted by Gasteiger charge is 2.35. The second-order valence-electron chi connectivity index (χ2n) is 7.04. The number of nitrogens with one attached hydrogen (secondary N) is 2. The lowest BCUT2D eigenvalue weighted by Crippen LogP contribution is -2.17. The van der Waals surface area contributed by atoms with Crippen molar-refractivity contribution in [2.45, 2.75) is 25.1 Å². The molecule has 1 aliphatic carbocycles. The van der Waals surface area contributed by atoms with Gasteiger partial charge in [-0.2, -0.15) is 18.3 Å². The van der Waals surface area contributed by atoms with Crippen LogP contribution in [0.3, 0.4) is 0 Å². The van der Waals surface area contributed by atoms with Crippen molar-refractivity contribution in [2.24, 2.45) is 0 Å². The molecule has 3 aromatic rings. The van der Waals surface area contributed by atoms with Crippen LogP contribution in [0, 0.1) is 10.1 Å². The third-order valence-corrected chi connectivity index (χ3v) is 4.72. The molecule has 1 saturated carbocycles. The van der Waals surface area contributed by atoms with Gasteiger partial charge in [0.25, 0.3) is 11.6 Å². The second-order valence-corrected chi connectivity index (χ2v) is 7.04. The minimum atomic E-state index is -4.74. The van der Waals surface area contributed by atoms with Gasteiger partial charge in [0.15, 0.2) is 0 Å². The van der Waals surface area contributed by atoms with E-state index in [2.05, 4.69) is 15.7 Å². The van der Waals surface area contributed by atoms with Gasteiger partial charge in [0.05, 0.1) is 21.9 Å². The number of nitro groups is 1. The van der Waals surface area contributed by atoms with Crippen LogP contribution in [0.25, 0.3) is 5.69 Å². The molecule has 1 heterocycles. The van der Waals surface area contributed by atoms with Gasteiger partial charge in [-0.25, -0.2) is 4.68 Å². The normalized spacial score (nSPS) is 13.6. The van der Waals surface area contributed by atoms with E-state index in [9.17, 15) is 28.1 Å². The first kappa shape index (κ1) is 20.4. The van der Waals surface area contributed by atoms with Crippen LogP contribution < -0.4 is 10.6 Å². The minimum Gasteiger partial charge on any atom is -0.377 e. The van der Waals surface area contributed by atoms with Crippen LogP contribution >= 0.6 is 0 Å². The lowest BCUT2D eigenvalue weighted by Gasteiger charge is -2.16. The van der Waals surface area contributed by atoms with E-state index in [1.165, 1.54) is 35.3 Å². The van der Waals surface area contributed by atoms with Crippen LogP contribution in [-0.2, 0) is 6.18 Å². The van der Waals surface area contributed by atoms with Crippen molar-refractivity contribution in [3.05, 3.63) is 76.1 Å². The van der Waals surface area contributed by atoms with Crippen molar-refractivity contribution in [2.75, 3.05) is 10.6 Å². The Morgan fingerprint density at radius 3 is 2.52 bits per heavy atom. The van der Waals surface area contributed by atoms with E-state index in [-0.39, 0.29) is 28.7 Å². The van der Waals surface area contributed by atoms with Crippen molar-refractivity contribution in [1.29, 1.82) is 0 Å². The SMILES string of the molecule is O=C(Nc1ccc(-n2cccn2)cc1C(F)(F)F)c1ccc(NC2CC2)c([N+](=O)[O-])c1. The summed E-state index contributed by atoms with van der Waals surface area (Å²) in [5.41, 5.74) is -1.53. The fraction of sp³-hybridized carbons (Fsp3) is 0.200. The first-order chi connectivity index (χ1) is 14.7. The average Bonchev–Trinajstić information content (AvgIpc) is 3.36. The molecule has 4 rings (SSSR count). The van der Waals surface area contributed by atoms with Crippen molar-refractivity contribution in [1.82, 2.24) is 9.78 Å². The van der Waals surface area contributed by atoms with Crippen LogP contribution in [0.15, 0.2) is 54.9 Å². The maximum atomic E-state index is 13.6. The van der Waals surface area contributed by atoms with E-state index in [0.29, 0.717) is 0 Å². The Bertz CT molecular complexity index is 1140. The van der Waals surface area contributed by atoms with Crippen LogP contribution in [0.5, 0.6) is 0 Å². The number of amides is 1. The number of hydrogen-bond donors (Lipinski definition) is 2. The topological polar surface area (TPSA) is 102 Å². The summed E-state index contributed by atoms with van der Waals surface area (Å²) >= 11 is 0. The number of carbonyl (C=O) groups excluding carboxylic acids is 1. The number of anilines is 2. The molecule has 0 radical (unpaired) electrons. The molecule has 1 aliphatic rings. The van der Waals surface area contributed by atoms with Crippen LogP contribution in [-0.4, -0.2) is 26.7 Å². The number of halogens is 3. The standard InChI is InChI=1S/C20H16F3N5O3/c21-20(22,23)15-11-14(27-9-1-8-24-27)5-7-16(15)26-19(29)12-2-6-17(25-13-3-4-13)18(10-12)28(30)31/h1-2,5-11,13,25H,3-4H2,(H,26,29). The van der Waals surface area contributed by atoms with Gasteiger partial charge in [-0.3, -0.25) is 14.9 Å². The number of benzene rings is 2. The number of hydrogen-bond acceptors (Lipinski definition) is 5. The molecule has 1 amide bonds. The fourth-order valence-corrected chi connectivity index (χ4v) is 3.03. The summed E-state index contributed by atoms with van der Waals surface area (Å²) in [5, 5.41) is 20.5. The Hall–Kier alpha value is -3.89. The van der Waals surface area contributed by atoms with Gasteiger partial charge in [-0.05, 0) is 49.2 Å². The molecule has 1 fully saturated rings. The number of alkyl halides is 3. The largest absolute Gasteiger partial charge is 0.418 e. The molecule has 1 aromatic heterocycles. The Morgan fingerprint density at radius 2 is 1.90 bits per heavy atom. The third kappa shape index (κ3) is 4.49. The number of aromatic nitrogens is 2. The lowest BCUT2D eigenvalue weighted by atomic mass is 10.1. The van der Waals surface area contributed by atoms with Crippen LogP contribution in [0.2, 0.25) is 0 Å². The predicted molar refractivity (Wildman–Crippen MR) is 106 cm³/mol. The van der Waals surface area contributed by atoms with Gasteiger partial charge < -0.3 is 10.6 Å². The summed E-state index contributed by atoms with van der Waals surface area (Å²) in [4.78, 5) is 23.3. The molecule has 31 heavy (non-hydrogen) atoms. The zero-order chi connectivity index (χ0) is 22.2. The van der Waals surface area contributed by atoms with E-state index in [1.807, 2.05) is 0 Å². The van der Waals surface area contributed by atoms with Gasteiger partial charge in [0.2, 0.25) is 0 Å². The van der Waals surface area contributed by atoms with E-state index >= 15 is 0 Å². The summed E-state index contributed by atoms with van der Waals surface area (Å²) in [5.74, 6) is -0.890. The Balaban J connectivity index is 1.63. The van der Waals surface area contributed by atoms with E-state index in [0.717, 1.165) is 31.0 Å². The summed E-state index contributed by atoms with van der Waals surface area (Å²) in [7, 11) is 0. The molecule has 0 saturated heterocycles. The molecule has 0 bridgehead atoms. The number of rotatable bonds is 6. The van der Waals surface area contributed by atoms with Crippen LogP contribution in [0.4, 0.5) is 30.2 Å². The number of carbonyl (C=O) groups is 1. The van der Waals surface area contributed by atoms with Crippen molar-refractivity contribution in [3.8, 4) is 5.69 Å². The van der Waals surface area contributed by atoms with Crippen LogP contribution in [0.1, 0.15) is 28.8 Å². The highest BCUT2D eigenvalue weighted by atomic mass is 19.4. The average molecular weight is 431 g/mol. The monoisotopic (exact) mass is 431 g/mol. The number of nitro benzene ring substituents is 1. The van der Waals surface area contributed by atoms with Gasteiger partial charge in [-0.1, -0.05) is 0 Å². The number of nitrogens with zero attached hydrogens (tertiary/aromatic N) is 3. The first-order valence-electron chi connectivity index (χ1n) is 9.30. The predicted octanol–water partition coefficient (Wildman–Crippen LogP) is 4.63. The van der Waals surface area contributed by atoms with Crippen molar-refractivity contribution < 1.29 is 22.9 Å². The van der Waals surface area contributed by atoms with Gasteiger partial charge >= 0.3 is 6.18 Å². The quantitative estimate of drug-likeness (QED) is 0.438. The molecule has 160 valence electrons. The highest BCUT2D eigenvalue weighted by molar-refractivity contribution is 6.05. The Kier molecular flexibility index (Phi) is 5.09. The fourth-order valence-electron chi connectivity index (χ4n) is 3.03. The zero-order valence-electron chi connectivity index (χ0n) is 15.9. The van der Waals surface area contributed by atoms with Gasteiger partial charge in [0, 0.05) is 30.1 Å². The summed E-state index contributed by atoms with van der Waals surface area (Å²) in [6.07, 6.45) is -0.0280. The molecular weight excluding hydrogens is 415 g/mol. The smallest absolute Gasteiger partial charge is 0.377 e. The molecular formula is C20H16F3N5O3. The van der Waals surface area contributed by atoms with E-state index in [1.54, 1.807) is 6.07 Å². The third-order valence-electron chi connectivity index (χ3n) is 4.72. The molecule has 0 aliphatic heterocycles. The van der Waals surface area contributed by atoms with E-state index in [4.69, 9.17) is 0 Å². The molecule has 0 spiro atoms. The van der Waals surface area contributed by atoms with Crippen molar-refractivity contribution in [3.63, 3.8) is 0 Å². The molecule has 2 aromatic carbocycles. The molecule has 8 nitrogen and oxygen atoms in total.